The molecule has 2 heteroatoms. The summed E-state index contributed by atoms with van der Waals surface area (Å²) in [6.07, 6.45) is 2.14. The van der Waals surface area contributed by atoms with Crippen molar-refractivity contribution in [3.8, 4) is 17.0 Å². The molecule has 4 rings (SSSR count). The van der Waals surface area contributed by atoms with Crippen molar-refractivity contribution in [2.24, 2.45) is 7.05 Å². The molecule has 3 aromatic rings. The van der Waals surface area contributed by atoms with Gasteiger partial charge in [-0.2, -0.15) is 4.57 Å². The van der Waals surface area contributed by atoms with Crippen molar-refractivity contribution in [2.75, 3.05) is 0 Å². The summed E-state index contributed by atoms with van der Waals surface area (Å²) in [5.74, 6) is 1.07. The summed E-state index contributed by atoms with van der Waals surface area (Å²) in [7, 11) is 2.14. The Hall–Kier alpha value is -2.35. The second kappa shape index (κ2) is 5.34. The molecule has 0 radical (unpaired) electrons. The average Bonchev–Trinajstić information content (AvgIpc) is 2.56. The highest BCUT2D eigenvalue weighted by Crippen LogP contribution is 2.41. The monoisotopic (exact) mass is 318 g/mol. The Labute approximate surface area is 143 Å². The van der Waals surface area contributed by atoms with Crippen LogP contribution >= 0.6 is 0 Å². The predicted octanol–water partition coefficient (Wildman–Crippen LogP) is 4.74. The van der Waals surface area contributed by atoms with Crippen molar-refractivity contribution in [3.05, 3.63) is 59.7 Å². The van der Waals surface area contributed by atoms with Gasteiger partial charge in [-0.05, 0) is 56.9 Å². The van der Waals surface area contributed by atoms with Gasteiger partial charge in [-0.3, -0.25) is 0 Å². The van der Waals surface area contributed by atoms with Crippen LogP contribution in [0.4, 0.5) is 0 Å². The minimum atomic E-state index is -0.106. The van der Waals surface area contributed by atoms with Crippen molar-refractivity contribution in [1.82, 2.24) is 0 Å². The summed E-state index contributed by atoms with van der Waals surface area (Å²) >= 11 is 0. The Morgan fingerprint density at radius 3 is 2.62 bits per heavy atom. The van der Waals surface area contributed by atoms with Gasteiger partial charge in [0.2, 0.25) is 11.2 Å². The lowest BCUT2D eigenvalue weighted by atomic mass is 9.90. The first-order valence-electron chi connectivity index (χ1n) is 8.66. The number of fused-ring (bicyclic) bond motifs is 2. The molecule has 0 saturated carbocycles. The molecule has 1 aliphatic heterocycles. The fourth-order valence-electron chi connectivity index (χ4n) is 3.71. The quantitative estimate of drug-likeness (QED) is 0.591. The molecule has 0 N–H and O–H groups in total. The van der Waals surface area contributed by atoms with Gasteiger partial charge in [-0.15, -0.1) is 0 Å². The Bertz CT molecular complexity index is 940. The molecular formula is C22H24NO+. The van der Waals surface area contributed by atoms with Crippen LogP contribution in [0, 0.1) is 6.92 Å². The molecule has 0 aliphatic carbocycles. The van der Waals surface area contributed by atoms with E-state index in [9.17, 15) is 0 Å². The van der Waals surface area contributed by atoms with E-state index in [4.69, 9.17) is 4.74 Å². The van der Waals surface area contributed by atoms with E-state index >= 15 is 0 Å². The van der Waals surface area contributed by atoms with Gasteiger partial charge in [0, 0.05) is 17.5 Å². The van der Waals surface area contributed by atoms with Gasteiger partial charge in [0.15, 0.2) is 0 Å². The second-order valence-corrected chi connectivity index (χ2v) is 7.44. The Morgan fingerprint density at radius 1 is 1.00 bits per heavy atom. The van der Waals surface area contributed by atoms with Gasteiger partial charge in [0.25, 0.3) is 0 Å². The van der Waals surface area contributed by atoms with Crippen molar-refractivity contribution >= 4 is 10.9 Å². The molecule has 2 heterocycles. The molecule has 0 atom stereocenters. The fourth-order valence-corrected chi connectivity index (χ4v) is 3.71. The molecule has 0 bridgehead atoms. The highest BCUT2D eigenvalue weighted by Gasteiger charge is 2.31. The van der Waals surface area contributed by atoms with Gasteiger partial charge in [-0.25, -0.2) is 0 Å². The van der Waals surface area contributed by atoms with Crippen LogP contribution in [0.25, 0.3) is 22.2 Å². The number of pyridine rings is 1. The number of aryl methyl sites for hydroxylation is 3. The van der Waals surface area contributed by atoms with Crippen LogP contribution in [0.15, 0.2) is 48.5 Å². The molecule has 0 fully saturated rings. The third-order valence-electron chi connectivity index (χ3n) is 5.16. The first kappa shape index (κ1) is 15.2. The maximum Gasteiger partial charge on any atom is 0.216 e. The van der Waals surface area contributed by atoms with Crippen molar-refractivity contribution < 1.29 is 9.30 Å². The van der Waals surface area contributed by atoms with Crippen molar-refractivity contribution in [1.29, 1.82) is 0 Å². The number of nitrogens with zero attached hydrogens (tertiary/aromatic N) is 1. The van der Waals surface area contributed by atoms with Gasteiger partial charge in [0.1, 0.15) is 18.4 Å². The number of para-hydroxylation sites is 1. The zero-order valence-corrected chi connectivity index (χ0v) is 14.9. The van der Waals surface area contributed by atoms with E-state index in [0.29, 0.717) is 0 Å². The molecular weight excluding hydrogens is 294 g/mol. The largest absolute Gasteiger partial charge is 0.487 e. The van der Waals surface area contributed by atoms with Gasteiger partial charge in [-0.1, -0.05) is 24.3 Å². The van der Waals surface area contributed by atoms with E-state index in [0.717, 1.165) is 18.6 Å². The van der Waals surface area contributed by atoms with Gasteiger partial charge in [0.05, 0.1) is 5.56 Å². The lowest BCUT2D eigenvalue weighted by Crippen LogP contribution is -2.35. The summed E-state index contributed by atoms with van der Waals surface area (Å²) in [4.78, 5) is 0. The maximum atomic E-state index is 6.44. The predicted molar refractivity (Wildman–Crippen MR) is 98.3 cm³/mol. The van der Waals surface area contributed by atoms with E-state index < -0.39 is 0 Å². The molecule has 2 nitrogen and oxygen atoms in total. The van der Waals surface area contributed by atoms with Gasteiger partial charge < -0.3 is 4.74 Å². The summed E-state index contributed by atoms with van der Waals surface area (Å²) in [6.45, 7) is 6.54. The maximum absolute atomic E-state index is 6.44. The number of hydrogen-bond donors (Lipinski definition) is 0. The van der Waals surface area contributed by atoms with E-state index in [2.05, 4.69) is 80.9 Å². The van der Waals surface area contributed by atoms with Crippen LogP contribution in [0.1, 0.15) is 31.4 Å². The first-order chi connectivity index (χ1) is 11.5. The van der Waals surface area contributed by atoms with E-state index in [1.54, 1.807) is 0 Å². The van der Waals surface area contributed by atoms with Crippen LogP contribution in [0.2, 0.25) is 0 Å². The lowest BCUT2D eigenvalue weighted by Gasteiger charge is -2.34. The summed E-state index contributed by atoms with van der Waals surface area (Å²) in [6, 6.07) is 17.4. The molecule has 122 valence electrons. The lowest BCUT2D eigenvalue weighted by molar-refractivity contribution is -0.633. The van der Waals surface area contributed by atoms with Crippen LogP contribution < -0.4 is 9.30 Å². The highest BCUT2D eigenvalue weighted by molar-refractivity contribution is 5.79. The van der Waals surface area contributed by atoms with Crippen LogP contribution in [-0.4, -0.2) is 5.60 Å². The van der Waals surface area contributed by atoms with Crippen molar-refractivity contribution in [3.63, 3.8) is 0 Å². The molecule has 0 unspecified atom stereocenters. The summed E-state index contributed by atoms with van der Waals surface area (Å²) < 4.78 is 8.72. The molecule has 1 aromatic heterocycles. The minimum absolute atomic E-state index is 0.106. The highest BCUT2D eigenvalue weighted by atomic mass is 16.5. The Morgan fingerprint density at radius 2 is 1.79 bits per heavy atom. The second-order valence-electron chi connectivity index (χ2n) is 7.44. The third-order valence-corrected chi connectivity index (χ3v) is 5.16. The standard InChI is InChI=1S/C22H24NO/c1-15-9-10-17-13-14-22(2,3)24-21(17)20(15)19-12-11-16-7-5-6-8-18(16)23(19)4/h5-12H,13-14H2,1-4H3/q+1. The van der Waals surface area contributed by atoms with E-state index in [-0.39, 0.29) is 5.60 Å². The molecule has 0 amide bonds. The normalized spacial score (nSPS) is 15.8. The number of rotatable bonds is 1. The van der Waals surface area contributed by atoms with Crippen molar-refractivity contribution in [2.45, 2.75) is 39.2 Å². The van der Waals surface area contributed by atoms with E-state index in [1.807, 2.05) is 0 Å². The number of aromatic nitrogens is 1. The number of benzene rings is 2. The Kier molecular flexibility index (Phi) is 3.38. The summed E-state index contributed by atoms with van der Waals surface area (Å²) in [5.41, 5.74) is 6.15. The first-order valence-corrected chi connectivity index (χ1v) is 8.66. The molecule has 24 heavy (non-hydrogen) atoms. The smallest absolute Gasteiger partial charge is 0.216 e. The third kappa shape index (κ3) is 2.37. The van der Waals surface area contributed by atoms with Crippen LogP contribution in [0.3, 0.4) is 0 Å². The Balaban J connectivity index is 1.99. The molecule has 0 saturated heterocycles. The molecule has 0 spiro atoms. The van der Waals surface area contributed by atoms with Crippen LogP contribution in [-0.2, 0) is 13.5 Å². The minimum Gasteiger partial charge on any atom is -0.487 e. The van der Waals surface area contributed by atoms with E-state index in [1.165, 1.54) is 33.3 Å². The SMILES string of the molecule is Cc1ccc2c(c1-c1ccc3ccccc3[n+]1C)OC(C)(C)CC2. The molecule has 2 aromatic carbocycles. The van der Waals surface area contributed by atoms with Crippen LogP contribution in [0.5, 0.6) is 5.75 Å². The summed E-state index contributed by atoms with van der Waals surface area (Å²) in [5, 5.41) is 1.26. The fraction of sp³-hybridized carbons (Fsp3) is 0.318. The topological polar surface area (TPSA) is 13.1 Å². The molecule has 1 aliphatic rings. The average molecular weight is 318 g/mol. The zero-order chi connectivity index (χ0) is 16.9. The number of ether oxygens (including phenoxy) is 1. The number of hydrogen-bond acceptors (Lipinski definition) is 1. The zero-order valence-electron chi connectivity index (χ0n) is 14.9. The van der Waals surface area contributed by atoms with Gasteiger partial charge >= 0.3 is 0 Å².